The Labute approximate surface area is 120 Å². The van der Waals surface area contributed by atoms with Gasteiger partial charge in [-0.15, -0.1) is 0 Å². The second-order valence-electron chi connectivity index (χ2n) is 4.65. The van der Waals surface area contributed by atoms with E-state index >= 15 is 0 Å². The van der Waals surface area contributed by atoms with Crippen molar-refractivity contribution in [3.63, 3.8) is 0 Å². The lowest BCUT2D eigenvalue weighted by Gasteiger charge is -2.22. The minimum Gasteiger partial charge on any atom is -0.428 e. The molecule has 1 aliphatic rings. The quantitative estimate of drug-likeness (QED) is 0.626. The topological polar surface area (TPSA) is 35.5 Å². The van der Waals surface area contributed by atoms with Crippen LogP contribution < -0.4 is 0 Å². The van der Waals surface area contributed by atoms with E-state index in [9.17, 15) is 9.18 Å². The van der Waals surface area contributed by atoms with Crippen LogP contribution in [0.3, 0.4) is 0 Å². The molecule has 1 saturated heterocycles. The molecule has 0 spiro atoms. The summed E-state index contributed by atoms with van der Waals surface area (Å²) in [6.45, 7) is 3.64. The lowest BCUT2D eigenvalue weighted by Crippen LogP contribution is -2.35. The minimum atomic E-state index is -1.85. The van der Waals surface area contributed by atoms with Gasteiger partial charge in [-0.2, -0.15) is 0 Å². The zero-order valence-electron chi connectivity index (χ0n) is 10.8. The van der Waals surface area contributed by atoms with E-state index in [4.69, 9.17) is 9.47 Å². The van der Waals surface area contributed by atoms with Crippen molar-refractivity contribution >= 4 is 21.9 Å². The smallest absolute Gasteiger partial charge is 0.340 e. The predicted molar refractivity (Wildman–Crippen MR) is 72.7 cm³/mol. The lowest BCUT2D eigenvalue weighted by molar-refractivity contribution is -0.126. The van der Waals surface area contributed by atoms with Crippen LogP contribution in [0.4, 0.5) is 4.39 Å². The molecule has 2 rings (SSSR count). The van der Waals surface area contributed by atoms with Gasteiger partial charge in [0.2, 0.25) is 10.9 Å². The van der Waals surface area contributed by atoms with Gasteiger partial charge in [-0.3, -0.25) is 0 Å². The third kappa shape index (κ3) is 2.82. The normalized spacial score (nSPS) is 34.2. The molecule has 0 aliphatic carbocycles. The number of carbonyl (C=O) groups is 1. The summed E-state index contributed by atoms with van der Waals surface area (Å²) in [6, 6.07) is 8.47. The van der Waals surface area contributed by atoms with Gasteiger partial charge in [-0.25, -0.2) is 9.18 Å². The van der Waals surface area contributed by atoms with E-state index in [0.29, 0.717) is 12.0 Å². The molecule has 0 radical (unpaired) electrons. The minimum absolute atomic E-state index is 0.266. The third-order valence-electron chi connectivity index (χ3n) is 3.40. The molecule has 1 heterocycles. The molecule has 1 unspecified atom stereocenters. The van der Waals surface area contributed by atoms with Gasteiger partial charge in [0.1, 0.15) is 0 Å². The third-order valence-corrected chi connectivity index (χ3v) is 4.50. The SMILES string of the molecule is CC[C@H]1OC(OC(=O)c2ccccc2)[C@](F)(Br)[C@@H]1C. The highest BCUT2D eigenvalue weighted by molar-refractivity contribution is 9.10. The van der Waals surface area contributed by atoms with Gasteiger partial charge in [0.15, 0.2) is 0 Å². The molecule has 1 fully saturated rings. The molecule has 3 nitrogen and oxygen atoms in total. The first-order chi connectivity index (χ1) is 8.96. The molecule has 0 bridgehead atoms. The van der Waals surface area contributed by atoms with Crippen molar-refractivity contribution in [1.82, 2.24) is 0 Å². The van der Waals surface area contributed by atoms with E-state index in [1.807, 2.05) is 6.92 Å². The fourth-order valence-corrected chi connectivity index (χ4v) is 2.62. The lowest BCUT2D eigenvalue weighted by atomic mass is 10.0. The number of hydrogen-bond acceptors (Lipinski definition) is 3. The largest absolute Gasteiger partial charge is 0.428 e. The molecular weight excluding hydrogens is 315 g/mol. The monoisotopic (exact) mass is 330 g/mol. The van der Waals surface area contributed by atoms with E-state index in [2.05, 4.69) is 15.9 Å². The Morgan fingerprint density at radius 2 is 2.11 bits per heavy atom. The van der Waals surface area contributed by atoms with Gasteiger partial charge in [-0.05, 0) is 34.5 Å². The number of halogens is 2. The highest BCUT2D eigenvalue weighted by Gasteiger charge is 2.55. The summed E-state index contributed by atoms with van der Waals surface area (Å²) >= 11 is 2.99. The second-order valence-corrected chi connectivity index (χ2v) is 5.86. The fourth-order valence-electron chi connectivity index (χ4n) is 2.13. The van der Waals surface area contributed by atoms with E-state index < -0.39 is 16.8 Å². The number of hydrogen-bond donors (Lipinski definition) is 0. The molecule has 104 valence electrons. The van der Waals surface area contributed by atoms with Crippen molar-refractivity contribution in [3.8, 4) is 0 Å². The van der Waals surface area contributed by atoms with Gasteiger partial charge in [0.25, 0.3) is 0 Å². The van der Waals surface area contributed by atoms with Crippen molar-refractivity contribution < 1.29 is 18.7 Å². The van der Waals surface area contributed by atoms with Crippen LogP contribution in [0.15, 0.2) is 30.3 Å². The zero-order chi connectivity index (χ0) is 14.0. The average Bonchev–Trinajstić information content (AvgIpc) is 2.63. The Hall–Kier alpha value is -0.940. The van der Waals surface area contributed by atoms with Crippen LogP contribution in [-0.4, -0.2) is 22.9 Å². The van der Waals surface area contributed by atoms with Crippen molar-refractivity contribution in [1.29, 1.82) is 0 Å². The molecule has 5 heteroatoms. The van der Waals surface area contributed by atoms with Gasteiger partial charge < -0.3 is 9.47 Å². The zero-order valence-corrected chi connectivity index (χ0v) is 12.4. The Balaban J connectivity index is 2.09. The molecule has 1 aliphatic heterocycles. The Morgan fingerprint density at radius 3 is 2.63 bits per heavy atom. The van der Waals surface area contributed by atoms with Crippen LogP contribution in [0.1, 0.15) is 30.6 Å². The Bertz CT molecular complexity index is 449. The molecule has 0 N–H and O–H groups in total. The van der Waals surface area contributed by atoms with E-state index in [1.54, 1.807) is 37.3 Å². The van der Waals surface area contributed by atoms with E-state index in [-0.39, 0.29) is 12.0 Å². The van der Waals surface area contributed by atoms with Crippen molar-refractivity contribution in [2.75, 3.05) is 0 Å². The highest BCUT2D eigenvalue weighted by atomic mass is 79.9. The van der Waals surface area contributed by atoms with Crippen molar-refractivity contribution in [2.45, 2.75) is 37.2 Å². The molecule has 1 aromatic carbocycles. The van der Waals surface area contributed by atoms with Gasteiger partial charge >= 0.3 is 5.97 Å². The Kier molecular flexibility index (Phi) is 4.26. The number of esters is 1. The second kappa shape index (κ2) is 5.59. The first-order valence-electron chi connectivity index (χ1n) is 6.26. The molecular formula is C14H16BrFO3. The molecule has 1 aromatic rings. The highest BCUT2D eigenvalue weighted by Crippen LogP contribution is 2.45. The average molecular weight is 331 g/mol. The van der Waals surface area contributed by atoms with Crippen LogP contribution >= 0.6 is 15.9 Å². The van der Waals surface area contributed by atoms with Crippen molar-refractivity contribution in [3.05, 3.63) is 35.9 Å². The summed E-state index contributed by atoms with van der Waals surface area (Å²) in [7, 11) is 0. The summed E-state index contributed by atoms with van der Waals surface area (Å²) < 4.78 is 23.2. The first kappa shape index (κ1) is 14.5. The fraction of sp³-hybridized carbons (Fsp3) is 0.500. The number of ether oxygens (including phenoxy) is 2. The Morgan fingerprint density at radius 1 is 1.47 bits per heavy atom. The van der Waals surface area contributed by atoms with Crippen LogP contribution in [0, 0.1) is 5.92 Å². The number of benzene rings is 1. The predicted octanol–water partition coefficient (Wildman–Crippen LogP) is 3.68. The van der Waals surface area contributed by atoms with Crippen molar-refractivity contribution in [2.24, 2.45) is 5.92 Å². The molecule has 19 heavy (non-hydrogen) atoms. The summed E-state index contributed by atoms with van der Waals surface area (Å²) in [5.41, 5.74) is 0.377. The molecule has 0 amide bonds. The molecule has 0 saturated carbocycles. The van der Waals surface area contributed by atoms with E-state index in [1.165, 1.54) is 0 Å². The van der Waals surface area contributed by atoms with Gasteiger partial charge in [-0.1, -0.05) is 32.0 Å². The van der Waals surface area contributed by atoms with Crippen LogP contribution in [0.2, 0.25) is 0 Å². The maximum atomic E-state index is 14.5. The van der Waals surface area contributed by atoms with Gasteiger partial charge in [0, 0.05) is 5.92 Å². The summed E-state index contributed by atoms with van der Waals surface area (Å²) in [6.07, 6.45) is -0.823. The summed E-state index contributed by atoms with van der Waals surface area (Å²) in [5, 5.41) is 0. The number of rotatable bonds is 3. The van der Waals surface area contributed by atoms with Crippen LogP contribution in [-0.2, 0) is 9.47 Å². The standard InChI is InChI=1S/C14H16BrFO3/c1-3-11-9(2)14(15,16)13(18-11)19-12(17)10-7-5-4-6-8-10/h4-9,11,13H,3H2,1-2H3/t9-,11-,13?,14+/m1/s1. The van der Waals surface area contributed by atoms with Crippen LogP contribution in [0.5, 0.6) is 0 Å². The summed E-state index contributed by atoms with van der Waals surface area (Å²) in [4.78, 5) is 11.9. The van der Waals surface area contributed by atoms with E-state index in [0.717, 1.165) is 0 Å². The summed E-state index contributed by atoms with van der Waals surface area (Å²) in [5.74, 6) is -0.970. The first-order valence-corrected chi connectivity index (χ1v) is 7.05. The van der Waals surface area contributed by atoms with Gasteiger partial charge in [0.05, 0.1) is 11.7 Å². The molecule has 0 aromatic heterocycles. The maximum Gasteiger partial charge on any atom is 0.340 e. The number of alkyl halides is 2. The van der Waals surface area contributed by atoms with Crippen LogP contribution in [0.25, 0.3) is 0 Å². The number of carbonyl (C=O) groups excluding carboxylic acids is 1. The molecule has 4 atom stereocenters. The maximum absolute atomic E-state index is 14.5.